The fourth-order valence-electron chi connectivity index (χ4n) is 2.72. The van der Waals surface area contributed by atoms with Gasteiger partial charge in [-0.1, -0.05) is 18.2 Å². The van der Waals surface area contributed by atoms with Gasteiger partial charge in [0.2, 0.25) is 0 Å². The summed E-state index contributed by atoms with van der Waals surface area (Å²) in [6, 6.07) is 11.3. The Morgan fingerprint density at radius 3 is 2.84 bits per heavy atom. The Kier molecular flexibility index (Phi) is 3.30. The summed E-state index contributed by atoms with van der Waals surface area (Å²) in [5.41, 5.74) is 3.61. The monoisotopic (exact) mass is 256 g/mol. The predicted molar refractivity (Wildman–Crippen MR) is 73.2 cm³/mol. The second-order valence-corrected chi connectivity index (χ2v) is 5.08. The van der Waals surface area contributed by atoms with Gasteiger partial charge in [-0.15, -0.1) is 0 Å². The number of rotatable bonds is 3. The lowest BCUT2D eigenvalue weighted by Crippen LogP contribution is -2.23. The number of benzene rings is 1. The van der Waals surface area contributed by atoms with E-state index in [-0.39, 0.29) is 11.9 Å². The number of aryl methyl sites for hydroxylation is 1. The minimum atomic E-state index is -0.191. The molecule has 1 aliphatic rings. The van der Waals surface area contributed by atoms with Crippen LogP contribution in [0.4, 0.5) is 4.39 Å². The van der Waals surface area contributed by atoms with E-state index < -0.39 is 0 Å². The minimum Gasteiger partial charge on any atom is -0.302 e. The van der Waals surface area contributed by atoms with Crippen LogP contribution in [0.1, 0.15) is 42.2 Å². The Morgan fingerprint density at radius 1 is 1.26 bits per heavy atom. The Bertz CT molecular complexity index is 565. The van der Waals surface area contributed by atoms with Crippen LogP contribution in [0.25, 0.3) is 0 Å². The molecule has 2 atom stereocenters. The fourth-order valence-corrected chi connectivity index (χ4v) is 2.72. The van der Waals surface area contributed by atoms with Crippen LogP contribution in [0.2, 0.25) is 0 Å². The number of fused-ring (bicyclic) bond motifs is 1. The maximum absolute atomic E-state index is 12.9. The maximum Gasteiger partial charge on any atom is 0.123 e. The summed E-state index contributed by atoms with van der Waals surface area (Å²) in [5.74, 6) is -0.191. The van der Waals surface area contributed by atoms with E-state index in [9.17, 15) is 4.39 Å². The van der Waals surface area contributed by atoms with Gasteiger partial charge in [-0.2, -0.15) is 0 Å². The number of aromatic nitrogens is 1. The van der Waals surface area contributed by atoms with Crippen molar-refractivity contribution >= 4 is 0 Å². The first-order chi connectivity index (χ1) is 9.24. The number of hydrogen-bond donors (Lipinski definition) is 1. The van der Waals surface area contributed by atoms with Gasteiger partial charge in [-0.3, -0.25) is 4.98 Å². The smallest absolute Gasteiger partial charge is 0.123 e. The first-order valence-electron chi connectivity index (χ1n) is 6.69. The molecule has 0 saturated carbocycles. The number of hydrogen-bond acceptors (Lipinski definition) is 2. The topological polar surface area (TPSA) is 24.9 Å². The Labute approximate surface area is 112 Å². The number of nitrogens with one attached hydrogen (secondary N) is 1. The third-order valence-corrected chi connectivity index (χ3v) is 3.78. The highest BCUT2D eigenvalue weighted by Gasteiger charge is 2.24. The second-order valence-electron chi connectivity index (χ2n) is 5.08. The fraction of sp³-hybridized carbons (Fsp3) is 0.312. The van der Waals surface area contributed by atoms with Gasteiger partial charge in [-0.25, -0.2) is 4.39 Å². The lowest BCUT2D eigenvalue weighted by Gasteiger charge is -2.20. The van der Waals surface area contributed by atoms with Crippen LogP contribution < -0.4 is 5.32 Å². The molecule has 1 unspecified atom stereocenters. The van der Waals surface area contributed by atoms with Crippen LogP contribution in [0.3, 0.4) is 0 Å². The van der Waals surface area contributed by atoms with Crippen LogP contribution in [0.5, 0.6) is 0 Å². The molecule has 98 valence electrons. The third-order valence-electron chi connectivity index (χ3n) is 3.78. The summed E-state index contributed by atoms with van der Waals surface area (Å²) in [5, 5.41) is 3.59. The third kappa shape index (κ3) is 2.51. The lowest BCUT2D eigenvalue weighted by molar-refractivity contribution is 0.458. The highest BCUT2D eigenvalue weighted by atomic mass is 19.1. The Hall–Kier alpha value is -1.74. The SMILES string of the molecule is C[C@@H](NC1CCc2cccnc21)c1ccc(F)cc1. The van der Waals surface area contributed by atoms with E-state index >= 15 is 0 Å². The van der Waals surface area contributed by atoms with Crippen molar-refractivity contribution in [1.82, 2.24) is 10.3 Å². The Morgan fingerprint density at radius 2 is 2.05 bits per heavy atom. The average molecular weight is 256 g/mol. The van der Waals surface area contributed by atoms with Gasteiger partial charge in [-0.05, 0) is 49.1 Å². The molecule has 2 aromatic rings. The Balaban J connectivity index is 1.74. The highest BCUT2D eigenvalue weighted by Crippen LogP contribution is 2.31. The minimum absolute atomic E-state index is 0.191. The quantitative estimate of drug-likeness (QED) is 0.908. The average Bonchev–Trinajstić information content (AvgIpc) is 2.83. The van der Waals surface area contributed by atoms with E-state index in [1.807, 2.05) is 24.4 Å². The molecule has 0 aliphatic heterocycles. The van der Waals surface area contributed by atoms with E-state index in [4.69, 9.17) is 0 Å². The van der Waals surface area contributed by atoms with Crippen LogP contribution >= 0.6 is 0 Å². The lowest BCUT2D eigenvalue weighted by atomic mass is 10.1. The molecule has 0 bridgehead atoms. The van der Waals surface area contributed by atoms with Crippen molar-refractivity contribution in [3.8, 4) is 0 Å². The van der Waals surface area contributed by atoms with Gasteiger partial charge in [0.1, 0.15) is 5.82 Å². The van der Waals surface area contributed by atoms with Crippen molar-refractivity contribution < 1.29 is 4.39 Å². The summed E-state index contributed by atoms with van der Waals surface area (Å²) in [4.78, 5) is 4.48. The van der Waals surface area contributed by atoms with E-state index in [0.717, 1.165) is 24.1 Å². The zero-order valence-corrected chi connectivity index (χ0v) is 10.9. The molecular formula is C16H17FN2. The molecule has 0 saturated heterocycles. The number of halogens is 1. The molecule has 19 heavy (non-hydrogen) atoms. The molecule has 2 nitrogen and oxygen atoms in total. The van der Waals surface area contributed by atoms with Crippen LogP contribution in [0.15, 0.2) is 42.6 Å². The molecule has 1 heterocycles. The van der Waals surface area contributed by atoms with Crippen LogP contribution in [0, 0.1) is 5.82 Å². The van der Waals surface area contributed by atoms with Gasteiger partial charge < -0.3 is 5.32 Å². The molecule has 0 radical (unpaired) electrons. The van der Waals surface area contributed by atoms with Crippen molar-refractivity contribution in [2.75, 3.05) is 0 Å². The maximum atomic E-state index is 12.9. The van der Waals surface area contributed by atoms with E-state index in [1.165, 1.54) is 17.7 Å². The van der Waals surface area contributed by atoms with E-state index in [0.29, 0.717) is 6.04 Å². The molecule has 1 aliphatic carbocycles. The summed E-state index contributed by atoms with van der Waals surface area (Å²) < 4.78 is 12.9. The molecule has 3 heteroatoms. The van der Waals surface area contributed by atoms with Crippen LogP contribution in [-0.2, 0) is 6.42 Å². The summed E-state index contributed by atoms with van der Waals surface area (Å²) in [6.07, 6.45) is 4.01. The zero-order valence-electron chi connectivity index (χ0n) is 10.9. The van der Waals surface area contributed by atoms with Crippen molar-refractivity contribution in [1.29, 1.82) is 0 Å². The highest BCUT2D eigenvalue weighted by molar-refractivity contribution is 5.29. The van der Waals surface area contributed by atoms with Crippen molar-refractivity contribution in [3.05, 3.63) is 65.2 Å². The molecule has 0 fully saturated rings. The molecule has 1 aromatic carbocycles. The summed E-state index contributed by atoms with van der Waals surface area (Å²) >= 11 is 0. The predicted octanol–water partition coefficient (Wildman–Crippen LogP) is 3.56. The van der Waals surface area contributed by atoms with Gasteiger partial charge in [0.25, 0.3) is 0 Å². The molecule has 0 amide bonds. The summed E-state index contributed by atoms with van der Waals surface area (Å²) in [6.45, 7) is 2.11. The zero-order chi connectivity index (χ0) is 13.2. The van der Waals surface area contributed by atoms with E-state index in [2.05, 4.69) is 23.3 Å². The van der Waals surface area contributed by atoms with Gasteiger partial charge in [0.05, 0.1) is 11.7 Å². The van der Waals surface area contributed by atoms with Gasteiger partial charge >= 0.3 is 0 Å². The molecule has 1 aromatic heterocycles. The van der Waals surface area contributed by atoms with Gasteiger partial charge in [0.15, 0.2) is 0 Å². The molecular weight excluding hydrogens is 239 g/mol. The first-order valence-corrected chi connectivity index (χ1v) is 6.69. The molecule has 1 N–H and O–H groups in total. The van der Waals surface area contributed by atoms with Crippen LogP contribution in [-0.4, -0.2) is 4.98 Å². The van der Waals surface area contributed by atoms with Gasteiger partial charge in [0, 0.05) is 12.2 Å². The first kappa shape index (κ1) is 12.3. The van der Waals surface area contributed by atoms with Crippen molar-refractivity contribution in [2.45, 2.75) is 31.8 Å². The van der Waals surface area contributed by atoms with E-state index in [1.54, 1.807) is 0 Å². The molecule has 3 rings (SSSR count). The number of pyridine rings is 1. The largest absolute Gasteiger partial charge is 0.302 e. The number of nitrogens with zero attached hydrogens (tertiary/aromatic N) is 1. The van der Waals surface area contributed by atoms with Crippen molar-refractivity contribution in [2.24, 2.45) is 0 Å². The van der Waals surface area contributed by atoms with Crippen molar-refractivity contribution in [3.63, 3.8) is 0 Å². The summed E-state index contributed by atoms with van der Waals surface area (Å²) in [7, 11) is 0. The normalized spacial score (nSPS) is 19.2. The second kappa shape index (κ2) is 5.10. The standard InChI is InChI=1S/C16H17FN2/c1-11(12-4-7-14(17)8-5-12)19-15-9-6-13-3-2-10-18-16(13)15/h2-5,7-8,10-11,15,19H,6,9H2,1H3/t11-,15?/m1/s1. The molecule has 0 spiro atoms.